The number of hydrogen-bond acceptors (Lipinski definition) is 5. The zero-order valence-electron chi connectivity index (χ0n) is 21.2. The van der Waals surface area contributed by atoms with Crippen LogP contribution in [0, 0.1) is 0 Å². The largest absolute Gasteiger partial charge is 0.489 e. The van der Waals surface area contributed by atoms with Gasteiger partial charge in [-0.25, -0.2) is 0 Å². The molecule has 4 N–H and O–H groups in total. The first kappa shape index (κ1) is 25.8. The fourth-order valence-corrected chi connectivity index (χ4v) is 4.47. The minimum absolute atomic E-state index is 0.129. The molecule has 5 aromatic rings. The summed E-state index contributed by atoms with van der Waals surface area (Å²) in [5, 5.41) is 12.9. The summed E-state index contributed by atoms with van der Waals surface area (Å²) in [5.74, 6) is -0.509. The fraction of sp³-hybridized carbons (Fsp3) is 0.125. The molecule has 196 valence electrons. The number of para-hydroxylation sites is 1. The number of rotatable bonds is 10. The zero-order valence-corrected chi connectivity index (χ0v) is 21.2. The Balaban J connectivity index is 1.48. The second-order valence-corrected chi connectivity index (χ2v) is 9.21. The van der Waals surface area contributed by atoms with E-state index in [-0.39, 0.29) is 24.7 Å². The summed E-state index contributed by atoms with van der Waals surface area (Å²) in [6.07, 6.45) is -0.129. The van der Waals surface area contributed by atoms with Crippen molar-refractivity contribution >= 4 is 22.8 Å². The maximum Gasteiger partial charge on any atom is 0.307 e. The van der Waals surface area contributed by atoms with Crippen LogP contribution < -0.4 is 15.8 Å². The molecule has 39 heavy (non-hydrogen) atoms. The Kier molecular flexibility index (Phi) is 7.70. The summed E-state index contributed by atoms with van der Waals surface area (Å²) in [5.41, 5.74) is 11.6. The normalized spacial score (nSPS) is 10.9. The Bertz CT molecular complexity index is 1620. The molecule has 0 bridgehead atoms. The Hall–Kier alpha value is -4.88. The van der Waals surface area contributed by atoms with Gasteiger partial charge in [0.2, 0.25) is 0 Å². The van der Waals surface area contributed by atoms with Gasteiger partial charge in [-0.1, -0.05) is 66.7 Å². The molecule has 0 saturated heterocycles. The van der Waals surface area contributed by atoms with Gasteiger partial charge < -0.3 is 25.3 Å². The van der Waals surface area contributed by atoms with E-state index in [2.05, 4.69) is 5.32 Å². The molecule has 0 fully saturated rings. The van der Waals surface area contributed by atoms with E-state index in [1.807, 2.05) is 72.8 Å². The van der Waals surface area contributed by atoms with E-state index in [4.69, 9.17) is 14.9 Å². The molecular weight excluding hydrogens is 492 g/mol. The van der Waals surface area contributed by atoms with Gasteiger partial charge >= 0.3 is 5.97 Å². The predicted molar refractivity (Wildman–Crippen MR) is 149 cm³/mol. The molecule has 0 radical (unpaired) electrons. The molecule has 0 saturated carbocycles. The minimum atomic E-state index is -0.925. The molecule has 4 aromatic carbocycles. The number of fused-ring (bicyclic) bond motifs is 1. The molecule has 0 aliphatic carbocycles. The number of carboxylic acids is 1. The van der Waals surface area contributed by atoms with Gasteiger partial charge in [-0.05, 0) is 52.6 Å². The summed E-state index contributed by atoms with van der Waals surface area (Å²) in [6, 6.07) is 30.2. The van der Waals surface area contributed by atoms with E-state index >= 15 is 0 Å². The average molecular weight is 521 g/mol. The van der Waals surface area contributed by atoms with Crippen LogP contribution in [0.4, 0.5) is 0 Å². The van der Waals surface area contributed by atoms with Crippen LogP contribution in [0.3, 0.4) is 0 Å². The number of ether oxygens (including phenoxy) is 1. The minimum Gasteiger partial charge on any atom is -0.489 e. The highest BCUT2D eigenvalue weighted by Crippen LogP contribution is 2.34. The molecule has 0 atom stereocenters. The topological polar surface area (TPSA) is 115 Å². The first-order valence-electron chi connectivity index (χ1n) is 12.6. The third-order valence-electron chi connectivity index (χ3n) is 6.38. The van der Waals surface area contributed by atoms with E-state index in [1.54, 1.807) is 24.3 Å². The Morgan fingerprint density at radius 3 is 2.41 bits per heavy atom. The van der Waals surface area contributed by atoms with Crippen LogP contribution >= 0.6 is 0 Å². The lowest BCUT2D eigenvalue weighted by molar-refractivity contribution is -0.136. The first-order chi connectivity index (χ1) is 19.0. The summed E-state index contributed by atoms with van der Waals surface area (Å²) in [4.78, 5) is 24.2. The lowest BCUT2D eigenvalue weighted by Gasteiger charge is -2.12. The van der Waals surface area contributed by atoms with Crippen molar-refractivity contribution in [3.8, 4) is 16.9 Å². The SMILES string of the molecule is NCc1cccc(-c2cc(COc3ccccc3CC(=O)O)cc3cc(C(=O)NCc4ccccc4)oc23)c1. The summed E-state index contributed by atoms with van der Waals surface area (Å²) in [6.45, 7) is 0.985. The highest BCUT2D eigenvalue weighted by Gasteiger charge is 2.17. The third kappa shape index (κ3) is 6.17. The molecule has 7 heteroatoms. The quantitative estimate of drug-likeness (QED) is 0.218. The van der Waals surface area contributed by atoms with Gasteiger partial charge in [0.25, 0.3) is 5.91 Å². The zero-order chi connectivity index (χ0) is 27.2. The van der Waals surface area contributed by atoms with Crippen LogP contribution in [-0.2, 0) is 30.9 Å². The van der Waals surface area contributed by atoms with Crippen molar-refractivity contribution in [2.24, 2.45) is 5.73 Å². The van der Waals surface area contributed by atoms with Crippen LogP contribution in [0.15, 0.2) is 101 Å². The maximum atomic E-state index is 13.0. The number of carboxylic acid groups (broad SMARTS) is 1. The molecule has 0 aliphatic rings. The average Bonchev–Trinajstić information content (AvgIpc) is 3.40. The van der Waals surface area contributed by atoms with Gasteiger partial charge in [-0.2, -0.15) is 0 Å². The van der Waals surface area contributed by atoms with Crippen molar-refractivity contribution in [3.05, 3.63) is 125 Å². The molecule has 1 heterocycles. The van der Waals surface area contributed by atoms with Crippen molar-refractivity contribution in [1.82, 2.24) is 5.32 Å². The fourth-order valence-electron chi connectivity index (χ4n) is 4.47. The lowest BCUT2D eigenvalue weighted by atomic mass is 9.99. The van der Waals surface area contributed by atoms with Crippen molar-refractivity contribution < 1.29 is 23.8 Å². The molecule has 0 unspecified atom stereocenters. The number of carbonyl (C=O) groups excluding carboxylic acids is 1. The smallest absolute Gasteiger partial charge is 0.307 e. The van der Waals surface area contributed by atoms with E-state index in [9.17, 15) is 14.7 Å². The summed E-state index contributed by atoms with van der Waals surface area (Å²) in [7, 11) is 0. The summed E-state index contributed by atoms with van der Waals surface area (Å²) >= 11 is 0. The van der Waals surface area contributed by atoms with E-state index in [1.165, 1.54) is 0 Å². The Morgan fingerprint density at radius 1 is 0.846 bits per heavy atom. The van der Waals surface area contributed by atoms with Crippen molar-refractivity contribution in [3.63, 3.8) is 0 Å². The second kappa shape index (κ2) is 11.7. The van der Waals surface area contributed by atoms with Gasteiger partial charge in [-0.3, -0.25) is 9.59 Å². The molecule has 0 spiro atoms. The highest BCUT2D eigenvalue weighted by molar-refractivity contribution is 6.00. The lowest BCUT2D eigenvalue weighted by Crippen LogP contribution is -2.22. The number of furan rings is 1. The van der Waals surface area contributed by atoms with Crippen LogP contribution in [0.25, 0.3) is 22.1 Å². The molecule has 7 nitrogen and oxygen atoms in total. The van der Waals surface area contributed by atoms with Gasteiger partial charge in [0.1, 0.15) is 17.9 Å². The molecular formula is C32H28N2O5. The van der Waals surface area contributed by atoms with Crippen LogP contribution in [0.5, 0.6) is 5.75 Å². The van der Waals surface area contributed by atoms with Gasteiger partial charge in [0, 0.05) is 29.6 Å². The number of amides is 1. The van der Waals surface area contributed by atoms with Crippen molar-refractivity contribution in [2.45, 2.75) is 26.1 Å². The monoisotopic (exact) mass is 520 g/mol. The first-order valence-corrected chi connectivity index (χ1v) is 12.6. The number of carbonyl (C=O) groups is 2. The highest BCUT2D eigenvalue weighted by atomic mass is 16.5. The van der Waals surface area contributed by atoms with Crippen LogP contribution in [0.2, 0.25) is 0 Å². The van der Waals surface area contributed by atoms with Crippen LogP contribution in [0.1, 0.15) is 32.8 Å². The number of aliphatic carboxylic acids is 1. The van der Waals surface area contributed by atoms with Gasteiger partial charge in [0.15, 0.2) is 5.76 Å². The van der Waals surface area contributed by atoms with Crippen molar-refractivity contribution in [1.29, 1.82) is 0 Å². The maximum absolute atomic E-state index is 13.0. The van der Waals surface area contributed by atoms with E-state index < -0.39 is 5.97 Å². The number of nitrogens with one attached hydrogen (secondary N) is 1. The second-order valence-electron chi connectivity index (χ2n) is 9.21. The van der Waals surface area contributed by atoms with Crippen LogP contribution in [-0.4, -0.2) is 17.0 Å². The molecule has 1 amide bonds. The number of hydrogen-bond donors (Lipinski definition) is 3. The van der Waals surface area contributed by atoms with Crippen molar-refractivity contribution in [2.75, 3.05) is 0 Å². The summed E-state index contributed by atoms with van der Waals surface area (Å²) < 4.78 is 12.2. The molecule has 0 aliphatic heterocycles. The van der Waals surface area contributed by atoms with Gasteiger partial charge in [-0.15, -0.1) is 0 Å². The van der Waals surface area contributed by atoms with Gasteiger partial charge in [0.05, 0.1) is 6.42 Å². The molecule has 1 aromatic heterocycles. The van der Waals surface area contributed by atoms with E-state index in [0.717, 1.165) is 33.2 Å². The number of benzene rings is 4. The predicted octanol–water partition coefficient (Wildman–Crippen LogP) is 5.69. The Labute approximate surface area is 225 Å². The number of nitrogens with two attached hydrogens (primary N) is 1. The third-order valence-corrected chi connectivity index (χ3v) is 6.38. The Morgan fingerprint density at radius 2 is 1.62 bits per heavy atom. The van der Waals surface area contributed by atoms with E-state index in [0.29, 0.717) is 30.0 Å². The molecule has 5 rings (SSSR count). The standard InChI is InChI=1S/C32H28N2O5/c33-18-22-9-6-11-24(13-22)27-15-23(20-38-28-12-5-4-10-25(28)17-30(35)36)14-26-16-29(39-31(26)27)32(37)34-19-21-7-2-1-3-8-21/h1-16H,17-20,33H2,(H,34,37)(H,35,36).